The van der Waals surface area contributed by atoms with Gasteiger partial charge in [-0.2, -0.15) is 0 Å². The fraction of sp³-hybridized carbons (Fsp3) is 0.179. The lowest BCUT2D eigenvalue weighted by Crippen LogP contribution is -2.39. The Kier molecular flexibility index (Phi) is 7.07. The first-order valence-electron chi connectivity index (χ1n) is 12.0. The molecule has 0 fully saturated rings. The maximum atomic E-state index is 13.7. The number of carbonyl (C=O) groups is 1. The van der Waals surface area contributed by atoms with E-state index >= 15 is 0 Å². The van der Waals surface area contributed by atoms with Crippen LogP contribution < -0.4 is 14.9 Å². The molecular weight excluding hydrogens is 542 g/mol. The van der Waals surface area contributed by atoms with Gasteiger partial charge < -0.3 is 9.15 Å². The van der Waals surface area contributed by atoms with Gasteiger partial charge in [0.1, 0.15) is 11.5 Å². The molecule has 1 atom stereocenters. The number of furan rings is 1. The fourth-order valence-corrected chi connectivity index (χ4v) is 5.65. The molecule has 39 heavy (non-hydrogen) atoms. The van der Waals surface area contributed by atoms with Crippen LogP contribution in [-0.4, -0.2) is 22.1 Å². The minimum atomic E-state index is -0.741. The minimum Gasteiger partial charge on any atom is -0.463 e. The molecule has 2 aromatic carbocycles. The van der Waals surface area contributed by atoms with Crippen molar-refractivity contribution < 1.29 is 18.9 Å². The Morgan fingerprint density at radius 3 is 2.62 bits per heavy atom. The average molecular weight is 564 g/mol. The van der Waals surface area contributed by atoms with Crippen molar-refractivity contribution >= 4 is 40.7 Å². The predicted octanol–water partition coefficient (Wildman–Crippen LogP) is 4.93. The van der Waals surface area contributed by atoms with E-state index in [4.69, 9.17) is 20.8 Å². The summed E-state index contributed by atoms with van der Waals surface area (Å²) in [5, 5.41) is 11.6. The molecule has 0 spiro atoms. The van der Waals surface area contributed by atoms with Crippen LogP contribution in [0.15, 0.2) is 80.1 Å². The van der Waals surface area contributed by atoms with Gasteiger partial charge in [0.2, 0.25) is 0 Å². The Balaban J connectivity index is 1.60. The van der Waals surface area contributed by atoms with Gasteiger partial charge in [-0.3, -0.25) is 19.5 Å². The second-order valence-electron chi connectivity index (χ2n) is 8.81. The number of nitro groups is 1. The quantitative estimate of drug-likeness (QED) is 0.186. The third kappa shape index (κ3) is 4.96. The van der Waals surface area contributed by atoms with Gasteiger partial charge in [-0.1, -0.05) is 35.1 Å². The molecule has 5 rings (SSSR count). The van der Waals surface area contributed by atoms with E-state index in [1.54, 1.807) is 69.3 Å². The van der Waals surface area contributed by atoms with Crippen molar-refractivity contribution in [3.8, 4) is 11.3 Å². The maximum Gasteiger partial charge on any atom is 0.338 e. The lowest BCUT2D eigenvalue weighted by molar-refractivity contribution is -0.384. The van der Waals surface area contributed by atoms with E-state index in [1.165, 1.54) is 28.0 Å². The van der Waals surface area contributed by atoms with Crippen LogP contribution in [0.5, 0.6) is 0 Å². The highest BCUT2D eigenvalue weighted by molar-refractivity contribution is 7.07. The highest BCUT2D eigenvalue weighted by atomic mass is 35.5. The van der Waals surface area contributed by atoms with E-state index in [0.29, 0.717) is 48.3 Å². The normalized spacial score (nSPS) is 15.2. The summed E-state index contributed by atoms with van der Waals surface area (Å²) in [7, 11) is 0. The van der Waals surface area contributed by atoms with Crippen molar-refractivity contribution in [2.45, 2.75) is 26.8 Å². The number of thiazole rings is 1. The highest BCUT2D eigenvalue weighted by Gasteiger charge is 2.33. The molecule has 198 valence electrons. The van der Waals surface area contributed by atoms with Gasteiger partial charge in [-0.25, -0.2) is 9.79 Å². The van der Waals surface area contributed by atoms with Crippen LogP contribution in [0, 0.1) is 17.0 Å². The van der Waals surface area contributed by atoms with Gasteiger partial charge in [0, 0.05) is 28.8 Å². The number of esters is 1. The molecule has 0 N–H and O–H groups in total. The van der Waals surface area contributed by atoms with Gasteiger partial charge in [-0.15, -0.1) is 0 Å². The highest BCUT2D eigenvalue weighted by Crippen LogP contribution is 2.32. The number of rotatable bonds is 6. The number of aryl methyl sites for hydroxylation is 1. The van der Waals surface area contributed by atoms with Gasteiger partial charge in [0.25, 0.3) is 11.2 Å². The molecule has 0 radical (unpaired) electrons. The van der Waals surface area contributed by atoms with Crippen molar-refractivity contribution in [3.05, 3.63) is 118 Å². The van der Waals surface area contributed by atoms with Crippen LogP contribution in [0.25, 0.3) is 17.4 Å². The first-order valence-corrected chi connectivity index (χ1v) is 13.2. The molecule has 3 heterocycles. The van der Waals surface area contributed by atoms with Crippen molar-refractivity contribution in [3.63, 3.8) is 0 Å². The minimum absolute atomic E-state index is 0.00291. The van der Waals surface area contributed by atoms with E-state index in [-0.39, 0.29) is 23.4 Å². The zero-order valence-corrected chi connectivity index (χ0v) is 22.7. The molecule has 2 aromatic heterocycles. The summed E-state index contributed by atoms with van der Waals surface area (Å²) in [5.41, 5.74) is 2.50. The number of allylic oxidation sites excluding steroid dienone is 1. The summed E-state index contributed by atoms with van der Waals surface area (Å²) in [6.07, 6.45) is 1.62. The first kappa shape index (κ1) is 26.3. The second-order valence-corrected chi connectivity index (χ2v) is 10.3. The Morgan fingerprint density at radius 1 is 1.21 bits per heavy atom. The summed E-state index contributed by atoms with van der Waals surface area (Å²) >= 11 is 7.28. The van der Waals surface area contributed by atoms with E-state index in [0.717, 1.165) is 0 Å². The van der Waals surface area contributed by atoms with E-state index in [9.17, 15) is 19.7 Å². The van der Waals surface area contributed by atoms with Crippen LogP contribution in [-0.2, 0) is 9.53 Å². The molecular formula is C28H22ClN3O6S. The SMILES string of the molecule is CCOC(=O)C1=C(C)N=c2s/c(=C\c3ccc(-c4ccc([N+](=O)[O-])cc4C)o3)c(=O)n2C1c1ccc(Cl)cc1. The average Bonchev–Trinajstić information content (AvgIpc) is 3.48. The molecule has 9 nitrogen and oxygen atoms in total. The molecule has 1 unspecified atom stereocenters. The summed E-state index contributed by atoms with van der Waals surface area (Å²) in [6, 6.07) is 14.2. The number of non-ortho nitro benzene ring substituents is 1. The summed E-state index contributed by atoms with van der Waals surface area (Å²) in [5.74, 6) is 0.403. The molecule has 1 aliphatic heterocycles. The summed E-state index contributed by atoms with van der Waals surface area (Å²) in [4.78, 5) is 42.3. The topological polar surface area (TPSA) is 117 Å². The number of carbonyl (C=O) groups excluding carboxylic acids is 1. The Labute approximate surface area is 231 Å². The lowest BCUT2D eigenvalue weighted by Gasteiger charge is -2.24. The zero-order valence-electron chi connectivity index (χ0n) is 21.1. The third-order valence-corrected chi connectivity index (χ3v) is 7.52. The number of nitrogens with zero attached hydrogens (tertiary/aromatic N) is 3. The number of aromatic nitrogens is 1. The predicted molar refractivity (Wildman–Crippen MR) is 147 cm³/mol. The summed E-state index contributed by atoms with van der Waals surface area (Å²) in [6.45, 7) is 5.39. The van der Waals surface area contributed by atoms with Gasteiger partial charge in [0.05, 0.1) is 33.4 Å². The number of fused-ring (bicyclic) bond motifs is 1. The van der Waals surface area contributed by atoms with Crippen molar-refractivity contribution in [2.24, 2.45) is 4.99 Å². The van der Waals surface area contributed by atoms with Crippen LogP contribution in [0.4, 0.5) is 5.69 Å². The van der Waals surface area contributed by atoms with Crippen LogP contribution in [0.3, 0.4) is 0 Å². The molecule has 4 aromatic rings. The summed E-state index contributed by atoms with van der Waals surface area (Å²) < 4.78 is 13.1. The van der Waals surface area contributed by atoms with Gasteiger partial charge in [0.15, 0.2) is 4.80 Å². The smallest absolute Gasteiger partial charge is 0.338 e. The second kappa shape index (κ2) is 10.5. The van der Waals surface area contributed by atoms with Crippen molar-refractivity contribution in [1.29, 1.82) is 0 Å². The maximum absolute atomic E-state index is 13.7. The number of halogens is 1. The molecule has 0 saturated carbocycles. The standard InChI is InChI=1S/C28H22ClN3O6S/c1-4-37-27(34)24-16(3)30-28-31(25(24)17-5-7-18(29)8-6-17)26(33)23(39-28)14-20-10-12-22(38-20)21-11-9-19(32(35)36)13-15(21)2/h5-14,25H,4H2,1-3H3/b23-14-. The number of ether oxygens (including phenoxy) is 1. The first-order chi connectivity index (χ1) is 18.7. The molecule has 1 aliphatic rings. The largest absolute Gasteiger partial charge is 0.463 e. The Morgan fingerprint density at radius 2 is 1.95 bits per heavy atom. The number of nitro benzene ring substituents is 1. The van der Waals surface area contributed by atoms with E-state index < -0.39 is 16.9 Å². The Hall–Kier alpha value is -4.28. The van der Waals surface area contributed by atoms with Crippen molar-refractivity contribution in [2.75, 3.05) is 6.61 Å². The van der Waals surface area contributed by atoms with Crippen LogP contribution >= 0.6 is 22.9 Å². The molecule has 0 saturated heterocycles. The van der Waals surface area contributed by atoms with Crippen LogP contribution in [0.2, 0.25) is 5.02 Å². The number of benzene rings is 2. The lowest BCUT2D eigenvalue weighted by atomic mass is 9.96. The Bertz CT molecular complexity index is 1830. The monoisotopic (exact) mass is 563 g/mol. The zero-order chi connectivity index (χ0) is 27.8. The van der Waals surface area contributed by atoms with Crippen molar-refractivity contribution in [1.82, 2.24) is 4.57 Å². The molecule has 0 aliphatic carbocycles. The van der Waals surface area contributed by atoms with E-state index in [2.05, 4.69) is 4.99 Å². The molecule has 0 bridgehead atoms. The molecule has 0 amide bonds. The van der Waals surface area contributed by atoms with E-state index in [1.807, 2.05) is 0 Å². The van der Waals surface area contributed by atoms with Crippen LogP contribution in [0.1, 0.15) is 36.8 Å². The fourth-order valence-electron chi connectivity index (χ4n) is 4.49. The van der Waals surface area contributed by atoms with Gasteiger partial charge in [-0.05, 0) is 62.2 Å². The third-order valence-electron chi connectivity index (χ3n) is 6.29. The molecule has 11 heteroatoms. The number of hydrogen-bond donors (Lipinski definition) is 0. The number of hydrogen-bond acceptors (Lipinski definition) is 8. The van der Waals surface area contributed by atoms with Gasteiger partial charge >= 0.3 is 5.97 Å².